The molecule has 126 valence electrons. The van der Waals surface area contributed by atoms with Crippen molar-refractivity contribution in [1.82, 2.24) is 14.9 Å². The van der Waals surface area contributed by atoms with Crippen LogP contribution in [0.1, 0.15) is 44.3 Å². The van der Waals surface area contributed by atoms with Crippen LogP contribution < -0.4 is 4.74 Å². The van der Waals surface area contributed by atoms with Crippen LogP contribution in [0, 0.1) is 6.92 Å². The van der Waals surface area contributed by atoms with Crippen LogP contribution in [-0.2, 0) is 4.79 Å². The second-order valence-corrected chi connectivity index (χ2v) is 7.67. The molecule has 5 nitrogen and oxygen atoms in total. The summed E-state index contributed by atoms with van der Waals surface area (Å²) >= 11 is 1.84. The summed E-state index contributed by atoms with van der Waals surface area (Å²) in [5.41, 5.74) is 0. The number of aryl methyl sites for hydroxylation is 1. The minimum Gasteiger partial charge on any atom is -0.472 e. The van der Waals surface area contributed by atoms with Crippen LogP contribution in [-0.4, -0.2) is 51.0 Å². The first-order chi connectivity index (χ1) is 11.2. The molecule has 0 bridgehead atoms. The summed E-state index contributed by atoms with van der Waals surface area (Å²) in [5, 5.41) is 0.694. The van der Waals surface area contributed by atoms with Crippen LogP contribution >= 0.6 is 11.8 Å². The van der Waals surface area contributed by atoms with Crippen LogP contribution in [0.15, 0.2) is 12.3 Å². The van der Waals surface area contributed by atoms with Gasteiger partial charge < -0.3 is 9.64 Å². The molecule has 2 fully saturated rings. The number of amides is 1. The average molecular weight is 335 g/mol. The third kappa shape index (κ3) is 4.83. The van der Waals surface area contributed by atoms with Gasteiger partial charge in [0.1, 0.15) is 11.9 Å². The van der Waals surface area contributed by atoms with Gasteiger partial charge in [0.15, 0.2) is 0 Å². The molecule has 1 atom stereocenters. The lowest BCUT2D eigenvalue weighted by molar-refractivity contribution is -0.130. The normalized spacial score (nSPS) is 22.3. The molecule has 0 aromatic carbocycles. The molecular weight excluding hydrogens is 310 g/mol. The molecule has 1 aromatic heterocycles. The first kappa shape index (κ1) is 16.6. The van der Waals surface area contributed by atoms with Crippen LogP contribution in [0.2, 0.25) is 0 Å². The fourth-order valence-corrected chi connectivity index (χ4v) is 4.49. The molecule has 1 aromatic rings. The van der Waals surface area contributed by atoms with Gasteiger partial charge in [-0.25, -0.2) is 4.98 Å². The maximum Gasteiger partial charge on any atom is 0.232 e. The van der Waals surface area contributed by atoms with E-state index in [4.69, 9.17) is 4.74 Å². The average Bonchev–Trinajstić information content (AvgIpc) is 3.06. The molecule has 1 unspecified atom stereocenters. The molecule has 0 spiro atoms. The molecule has 0 radical (unpaired) electrons. The highest BCUT2D eigenvalue weighted by atomic mass is 32.2. The zero-order valence-electron chi connectivity index (χ0n) is 13.7. The first-order valence-corrected chi connectivity index (χ1v) is 9.61. The summed E-state index contributed by atoms with van der Waals surface area (Å²) in [4.78, 5) is 22.8. The van der Waals surface area contributed by atoms with Crippen molar-refractivity contribution >= 4 is 17.7 Å². The largest absolute Gasteiger partial charge is 0.472 e. The van der Waals surface area contributed by atoms with Gasteiger partial charge in [0.25, 0.3) is 0 Å². The summed E-state index contributed by atoms with van der Waals surface area (Å²) in [6.07, 6.45) is 8.92. The molecule has 2 heterocycles. The summed E-state index contributed by atoms with van der Waals surface area (Å²) in [7, 11) is 0. The van der Waals surface area contributed by atoms with Crippen LogP contribution in [0.3, 0.4) is 0 Å². The van der Waals surface area contributed by atoms with Crippen LogP contribution in [0.25, 0.3) is 0 Å². The van der Waals surface area contributed by atoms with Crippen molar-refractivity contribution in [2.45, 2.75) is 56.8 Å². The SMILES string of the molecule is Cc1nccc(OC2CCCN(C(=O)CSC3CCCC3)C2)n1. The van der Waals surface area contributed by atoms with Gasteiger partial charge in [-0.3, -0.25) is 4.79 Å². The number of rotatable bonds is 5. The molecular formula is C17H25N3O2S. The Kier molecular flexibility index (Phi) is 5.75. The Morgan fingerprint density at radius 2 is 2.17 bits per heavy atom. The Bertz CT molecular complexity index is 534. The maximum absolute atomic E-state index is 12.4. The summed E-state index contributed by atoms with van der Waals surface area (Å²) in [6.45, 7) is 3.38. The monoisotopic (exact) mass is 335 g/mol. The highest BCUT2D eigenvalue weighted by molar-refractivity contribution is 8.00. The van der Waals surface area contributed by atoms with Crippen molar-refractivity contribution < 1.29 is 9.53 Å². The van der Waals surface area contributed by atoms with E-state index in [-0.39, 0.29) is 12.0 Å². The molecule has 2 aliphatic rings. The van der Waals surface area contributed by atoms with E-state index >= 15 is 0 Å². The van der Waals surface area contributed by atoms with Gasteiger partial charge in [-0.05, 0) is 32.6 Å². The van der Waals surface area contributed by atoms with Gasteiger partial charge in [0.05, 0.1) is 12.3 Å². The van der Waals surface area contributed by atoms with Crippen LogP contribution in [0.5, 0.6) is 5.88 Å². The second kappa shape index (κ2) is 7.99. The van der Waals surface area contributed by atoms with E-state index in [0.29, 0.717) is 29.3 Å². The molecule has 1 saturated carbocycles. The van der Waals surface area contributed by atoms with Crippen molar-refractivity contribution in [3.05, 3.63) is 18.1 Å². The van der Waals surface area contributed by atoms with E-state index < -0.39 is 0 Å². The quantitative estimate of drug-likeness (QED) is 0.828. The number of thioether (sulfide) groups is 1. The fraction of sp³-hybridized carbons (Fsp3) is 0.706. The first-order valence-electron chi connectivity index (χ1n) is 8.56. The second-order valence-electron chi connectivity index (χ2n) is 6.38. The minimum absolute atomic E-state index is 0.0403. The third-order valence-corrected chi connectivity index (χ3v) is 5.87. The Morgan fingerprint density at radius 3 is 2.96 bits per heavy atom. The van der Waals surface area contributed by atoms with E-state index in [9.17, 15) is 4.79 Å². The smallest absolute Gasteiger partial charge is 0.232 e. The van der Waals surface area contributed by atoms with E-state index in [1.807, 2.05) is 23.6 Å². The lowest BCUT2D eigenvalue weighted by atomic mass is 10.1. The van der Waals surface area contributed by atoms with Crippen molar-refractivity contribution in [3.8, 4) is 5.88 Å². The topological polar surface area (TPSA) is 55.3 Å². The van der Waals surface area contributed by atoms with Gasteiger partial charge >= 0.3 is 0 Å². The predicted octanol–water partition coefficient (Wildman–Crippen LogP) is 2.83. The van der Waals surface area contributed by atoms with E-state index in [0.717, 1.165) is 19.4 Å². The van der Waals surface area contributed by atoms with Crippen molar-refractivity contribution in [2.24, 2.45) is 0 Å². The highest BCUT2D eigenvalue weighted by Crippen LogP contribution is 2.29. The number of piperidine rings is 1. The molecule has 1 aliphatic carbocycles. The van der Waals surface area contributed by atoms with E-state index in [2.05, 4.69) is 9.97 Å². The van der Waals surface area contributed by atoms with Gasteiger partial charge in [-0.1, -0.05) is 12.8 Å². The van der Waals surface area contributed by atoms with Crippen molar-refractivity contribution in [3.63, 3.8) is 0 Å². The number of carbonyl (C=O) groups excluding carboxylic acids is 1. The summed E-state index contributed by atoms with van der Waals surface area (Å²) < 4.78 is 5.94. The highest BCUT2D eigenvalue weighted by Gasteiger charge is 2.26. The number of ether oxygens (including phenoxy) is 1. The zero-order valence-corrected chi connectivity index (χ0v) is 14.6. The lowest BCUT2D eigenvalue weighted by Gasteiger charge is -2.32. The molecule has 1 amide bonds. The Balaban J connectivity index is 1.48. The standard InChI is InChI=1S/C17H25N3O2S/c1-13-18-9-8-16(19-13)22-14-5-4-10-20(11-14)17(21)12-23-15-6-2-3-7-15/h8-9,14-15H,2-7,10-12H2,1H3. The fourth-order valence-electron chi connectivity index (χ4n) is 3.27. The van der Waals surface area contributed by atoms with E-state index in [1.165, 1.54) is 25.7 Å². The van der Waals surface area contributed by atoms with E-state index in [1.54, 1.807) is 12.3 Å². The number of aromatic nitrogens is 2. The van der Waals surface area contributed by atoms with Gasteiger partial charge in [0, 0.05) is 24.1 Å². The maximum atomic E-state index is 12.4. The zero-order chi connectivity index (χ0) is 16.1. The number of hydrogen-bond acceptors (Lipinski definition) is 5. The van der Waals surface area contributed by atoms with Crippen molar-refractivity contribution in [2.75, 3.05) is 18.8 Å². The summed E-state index contributed by atoms with van der Waals surface area (Å²) in [5.74, 6) is 2.19. The number of likely N-dealkylation sites (tertiary alicyclic amines) is 1. The van der Waals surface area contributed by atoms with Gasteiger partial charge in [-0.15, -0.1) is 11.8 Å². The number of nitrogens with zero attached hydrogens (tertiary/aromatic N) is 3. The Labute approximate surface area is 142 Å². The summed E-state index contributed by atoms with van der Waals surface area (Å²) in [6, 6.07) is 1.78. The number of carbonyl (C=O) groups is 1. The van der Waals surface area contributed by atoms with Crippen molar-refractivity contribution in [1.29, 1.82) is 0 Å². The molecule has 1 saturated heterocycles. The predicted molar refractivity (Wildman–Crippen MR) is 91.7 cm³/mol. The minimum atomic E-state index is 0.0403. The van der Waals surface area contributed by atoms with Gasteiger partial charge in [-0.2, -0.15) is 4.98 Å². The third-order valence-electron chi connectivity index (χ3n) is 4.51. The molecule has 3 rings (SSSR count). The molecule has 1 aliphatic heterocycles. The Morgan fingerprint density at radius 1 is 1.35 bits per heavy atom. The molecule has 6 heteroatoms. The lowest BCUT2D eigenvalue weighted by Crippen LogP contribution is -2.45. The Hall–Kier alpha value is -1.30. The number of hydrogen-bond donors (Lipinski definition) is 0. The van der Waals surface area contributed by atoms with Gasteiger partial charge in [0.2, 0.25) is 11.8 Å². The molecule has 0 N–H and O–H groups in total. The van der Waals surface area contributed by atoms with Crippen LogP contribution in [0.4, 0.5) is 0 Å². The molecule has 23 heavy (non-hydrogen) atoms.